The van der Waals surface area contributed by atoms with Crippen LogP contribution in [0.3, 0.4) is 0 Å². The van der Waals surface area contributed by atoms with Gasteiger partial charge < -0.3 is 10.2 Å². The lowest BCUT2D eigenvalue weighted by molar-refractivity contribution is 1.12. The summed E-state index contributed by atoms with van der Waals surface area (Å²) in [6.07, 6.45) is 0. The molecule has 1 N–H and O–H groups in total. The standard InChI is InChI=1S/C16H17N3/c1-19(2)16-8-4-7-15(10-16)18-12-14-6-3-5-13(9-14)11-17/h3-10,18H,12H2,1-2H3. The van der Waals surface area contributed by atoms with E-state index in [1.54, 1.807) is 0 Å². The molecule has 0 spiro atoms. The summed E-state index contributed by atoms with van der Waals surface area (Å²) < 4.78 is 0. The molecule has 3 nitrogen and oxygen atoms in total. The molecule has 2 aromatic carbocycles. The van der Waals surface area contributed by atoms with Crippen LogP contribution in [0.4, 0.5) is 11.4 Å². The molecule has 2 aromatic rings. The Morgan fingerprint density at radius 3 is 2.63 bits per heavy atom. The Morgan fingerprint density at radius 1 is 1.11 bits per heavy atom. The molecule has 0 saturated heterocycles. The van der Waals surface area contributed by atoms with E-state index in [0.29, 0.717) is 12.1 Å². The van der Waals surface area contributed by atoms with Gasteiger partial charge in [-0.2, -0.15) is 5.26 Å². The van der Waals surface area contributed by atoms with Gasteiger partial charge in [-0.25, -0.2) is 0 Å². The molecule has 0 bridgehead atoms. The van der Waals surface area contributed by atoms with Crippen LogP contribution in [0.5, 0.6) is 0 Å². The first-order valence-corrected chi connectivity index (χ1v) is 6.19. The predicted octanol–water partition coefficient (Wildman–Crippen LogP) is 3.24. The largest absolute Gasteiger partial charge is 0.381 e. The van der Waals surface area contributed by atoms with Crippen molar-refractivity contribution in [2.24, 2.45) is 0 Å². The quantitative estimate of drug-likeness (QED) is 0.906. The molecule has 0 aliphatic heterocycles. The van der Waals surface area contributed by atoms with Gasteiger partial charge in [-0.1, -0.05) is 18.2 Å². The molecule has 0 amide bonds. The number of anilines is 2. The highest BCUT2D eigenvalue weighted by Crippen LogP contribution is 2.18. The van der Waals surface area contributed by atoms with E-state index in [1.807, 2.05) is 50.5 Å². The summed E-state index contributed by atoms with van der Waals surface area (Å²) in [4.78, 5) is 2.07. The Kier molecular flexibility index (Phi) is 4.04. The molecule has 2 rings (SSSR count). The summed E-state index contributed by atoms with van der Waals surface area (Å²) >= 11 is 0. The molecule has 0 aromatic heterocycles. The van der Waals surface area contributed by atoms with Crippen LogP contribution in [0, 0.1) is 11.3 Å². The maximum absolute atomic E-state index is 8.87. The number of nitrogens with zero attached hydrogens (tertiary/aromatic N) is 2. The van der Waals surface area contributed by atoms with E-state index < -0.39 is 0 Å². The van der Waals surface area contributed by atoms with E-state index in [9.17, 15) is 0 Å². The van der Waals surface area contributed by atoms with Gasteiger partial charge in [0, 0.05) is 32.0 Å². The SMILES string of the molecule is CN(C)c1cccc(NCc2cccc(C#N)c2)c1. The number of nitriles is 1. The minimum Gasteiger partial charge on any atom is -0.381 e. The first kappa shape index (κ1) is 13.0. The van der Waals surface area contributed by atoms with E-state index >= 15 is 0 Å². The van der Waals surface area contributed by atoms with Gasteiger partial charge >= 0.3 is 0 Å². The Hall–Kier alpha value is -2.47. The maximum Gasteiger partial charge on any atom is 0.0991 e. The number of rotatable bonds is 4. The number of hydrogen-bond donors (Lipinski definition) is 1. The monoisotopic (exact) mass is 251 g/mol. The second-order valence-electron chi connectivity index (χ2n) is 4.61. The highest BCUT2D eigenvalue weighted by Gasteiger charge is 1.99. The van der Waals surface area contributed by atoms with E-state index in [-0.39, 0.29) is 0 Å². The van der Waals surface area contributed by atoms with Gasteiger partial charge in [0.1, 0.15) is 0 Å². The zero-order valence-electron chi connectivity index (χ0n) is 11.2. The smallest absolute Gasteiger partial charge is 0.0991 e. The number of hydrogen-bond acceptors (Lipinski definition) is 3. The topological polar surface area (TPSA) is 39.1 Å². The molecule has 0 heterocycles. The fourth-order valence-electron chi connectivity index (χ4n) is 1.85. The lowest BCUT2D eigenvalue weighted by Gasteiger charge is -2.14. The van der Waals surface area contributed by atoms with Crippen molar-refractivity contribution >= 4 is 11.4 Å². The molecule has 0 saturated carbocycles. The van der Waals surface area contributed by atoms with Gasteiger partial charge in [0.25, 0.3) is 0 Å². The predicted molar refractivity (Wildman–Crippen MR) is 79.3 cm³/mol. The fourth-order valence-corrected chi connectivity index (χ4v) is 1.85. The van der Waals surface area contributed by atoms with Gasteiger partial charge in [0.05, 0.1) is 11.6 Å². The van der Waals surface area contributed by atoms with Crippen molar-refractivity contribution in [3.8, 4) is 6.07 Å². The lowest BCUT2D eigenvalue weighted by atomic mass is 10.1. The molecule has 3 heteroatoms. The fraction of sp³-hybridized carbons (Fsp3) is 0.188. The average Bonchev–Trinajstić information content (AvgIpc) is 2.45. The van der Waals surface area contributed by atoms with Crippen molar-refractivity contribution in [1.29, 1.82) is 5.26 Å². The van der Waals surface area contributed by atoms with Gasteiger partial charge in [-0.05, 0) is 35.9 Å². The molecular formula is C16H17N3. The molecule has 0 atom stereocenters. The second kappa shape index (κ2) is 5.92. The molecule has 0 radical (unpaired) electrons. The normalized spacial score (nSPS) is 9.74. The minimum absolute atomic E-state index is 0.696. The Morgan fingerprint density at radius 2 is 1.89 bits per heavy atom. The van der Waals surface area contributed by atoms with Crippen LogP contribution in [0.25, 0.3) is 0 Å². The van der Waals surface area contributed by atoms with Crippen molar-refractivity contribution < 1.29 is 0 Å². The molecule has 96 valence electrons. The van der Waals surface area contributed by atoms with Crippen LogP contribution >= 0.6 is 0 Å². The van der Waals surface area contributed by atoms with E-state index in [1.165, 1.54) is 0 Å². The van der Waals surface area contributed by atoms with E-state index in [0.717, 1.165) is 16.9 Å². The van der Waals surface area contributed by atoms with Crippen LogP contribution in [-0.4, -0.2) is 14.1 Å². The summed E-state index contributed by atoms with van der Waals surface area (Å²) in [7, 11) is 4.05. The third-order valence-corrected chi connectivity index (χ3v) is 2.92. The number of nitrogens with one attached hydrogen (secondary N) is 1. The van der Waals surface area contributed by atoms with Crippen LogP contribution in [0.15, 0.2) is 48.5 Å². The molecule has 0 aliphatic rings. The highest BCUT2D eigenvalue weighted by molar-refractivity contribution is 5.57. The molecule has 0 fully saturated rings. The Labute approximate surface area is 114 Å². The van der Waals surface area contributed by atoms with Crippen LogP contribution in [-0.2, 0) is 6.54 Å². The minimum atomic E-state index is 0.696. The van der Waals surface area contributed by atoms with Crippen LogP contribution in [0.1, 0.15) is 11.1 Å². The third kappa shape index (κ3) is 3.49. The third-order valence-electron chi connectivity index (χ3n) is 2.92. The van der Waals surface area contributed by atoms with Crippen molar-refractivity contribution in [1.82, 2.24) is 0 Å². The van der Waals surface area contributed by atoms with Crippen LogP contribution < -0.4 is 10.2 Å². The van der Waals surface area contributed by atoms with Crippen molar-refractivity contribution in [3.05, 3.63) is 59.7 Å². The van der Waals surface area contributed by atoms with E-state index in [2.05, 4.69) is 28.4 Å². The zero-order chi connectivity index (χ0) is 13.7. The van der Waals surface area contributed by atoms with Gasteiger partial charge in [-0.3, -0.25) is 0 Å². The average molecular weight is 251 g/mol. The van der Waals surface area contributed by atoms with Crippen molar-refractivity contribution in [3.63, 3.8) is 0 Å². The van der Waals surface area contributed by atoms with E-state index in [4.69, 9.17) is 5.26 Å². The summed E-state index contributed by atoms with van der Waals surface area (Å²) in [5.74, 6) is 0. The summed E-state index contributed by atoms with van der Waals surface area (Å²) in [6.45, 7) is 0.715. The summed E-state index contributed by atoms with van der Waals surface area (Å²) in [5.41, 5.74) is 4.04. The number of benzene rings is 2. The second-order valence-corrected chi connectivity index (χ2v) is 4.61. The maximum atomic E-state index is 8.87. The highest BCUT2D eigenvalue weighted by atomic mass is 15.1. The first-order chi connectivity index (χ1) is 9.19. The summed E-state index contributed by atoms with van der Waals surface area (Å²) in [5, 5.41) is 12.2. The van der Waals surface area contributed by atoms with Crippen LogP contribution in [0.2, 0.25) is 0 Å². The molecule has 19 heavy (non-hydrogen) atoms. The lowest BCUT2D eigenvalue weighted by Crippen LogP contribution is -2.09. The molecular weight excluding hydrogens is 234 g/mol. The van der Waals surface area contributed by atoms with Crippen molar-refractivity contribution in [2.45, 2.75) is 6.54 Å². The summed E-state index contributed by atoms with van der Waals surface area (Å²) in [6, 6.07) is 18.1. The van der Waals surface area contributed by atoms with Gasteiger partial charge in [-0.15, -0.1) is 0 Å². The molecule has 0 unspecified atom stereocenters. The Balaban J connectivity index is 2.06. The van der Waals surface area contributed by atoms with Gasteiger partial charge in [0.2, 0.25) is 0 Å². The first-order valence-electron chi connectivity index (χ1n) is 6.19. The molecule has 0 aliphatic carbocycles. The Bertz CT molecular complexity index is 597. The van der Waals surface area contributed by atoms with Crippen molar-refractivity contribution in [2.75, 3.05) is 24.3 Å². The van der Waals surface area contributed by atoms with Gasteiger partial charge in [0.15, 0.2) is 0 Å². The zero-order valence-corrected chi connectivity index (χ0v) is 11.2.